The van der Waals surface area contributed by atoms with E-state index in [1.54, 1.807) is 19.3 Å². The molecule has 0 bridgehead atoms. The van der Waals surface area contributed by atoms with Gasteiger partial charge in [0.1, 0.15) is 5.75 Å². The van der Waals surface area contributed by atoms with Crippen LogP contribution in [0.4, 0.5) is 0 Å². The topological polar surface area (TPSA) is 35.2 Å². The molecule has 0 unspecified atom stereocenters. The highest BCUT2D eigenvalue weighted by Gasteiger charge is 2.09. The van der Waals surface area contributed by atoms with Gasteiger partial charge in [0, 0.05) is 6.04 Å². The molecule has 2 nitrogen and oxygen atoms in total. The molecule has 3 heteroatoms. The molecule has 0 spiro atoms. The Balaban J connectivity index is 3.14. The van der Waals surface area contributed by atoms with E-state index in [4.69, 9.17) is 22.1 Å². The largest absolute Gasteiger partial charge is 0.495 e. The molecule has 0 aliphatic heterocycles. The minimum Gasteiger partial charge on any atom is -0.495 e. The van der Waals surface area contributed by atoms with E-state index in [9.17, 15) is 0 Å². The van der Waals surface area contributed by atoms with Gasteiger partial charge in [0.15, 0.2) is 0 Å². The number of hydrogen-bond donors (Lipinski definition) is 1. The standard InChI is InChI=1S/C10H12ClNO/c1-3-8(12)7-5-4-6-9(13-2)10(7)11/h3-6,8H,1,12H2,2H3/t8-/m1/s1. The minimum atomic E-state index is -0.248. The third kappa shape index (κ3) is 2.02. The van der Waals surface area contributed by atoms with Gasteiger partial charge < -0.3 is 10.5 Å². The molecule has 1 rings (SSSR count). The van der Waals surface area contributed by atoms with Crippen LogP contribution in [-0.4, -0.2) is 7.11 Å². The Morgan fingerprint density at radius 3 is 2.85 bits per heavy atom. The van der Waals surface area contributed by atoms with Crippen LogP contribution in [0.2, 0.25) is 5.02 Å². The number of halogens is 1. The van der Waals surface area contributed by atoms with E-state index >= 15 is 0 Å². The van der Waals surface area contributed by atoms with Crippen molar-refractivity contribution in [3.63, 3.8) is 0 Å². The molecule has 13 heavy (non-hydrogen) atoms. The number of benzene rings is 1. The van der Waals surface area contributed by atoms with Crippen molar-refractivity contribution in [2.45, 2.75) is 6.04 Å². The molecule has 0 radical (unpaired) electrons. The molecule has 1 atom stereocenters. The SMILES string of the molecule is C=C[C@@H](N)c1cccc(OC)c1Cl. The quantitative estimate of drug-likeness (QED) is 0.756. The van der Waals surface area contributed by atoms with Crippen LogP contribution >= 0.6 is 11.6 Å². The Labute approximate surface area is 83.0 Å². The van der Waals surface area contributed by atoms with Crippen LogP contribution in [0, 0.1) is 0 Å². The molecule has 0 amide bonds. The summed E-state index contributed by atoms with van der Waals surface area (Å²) in [6, 6.07) is 5.25. The average Bonchev–Trinajstić information content (AvgIpc) is 2.17. The fraction of sp³-hybridized carbons (Fsp3) is 0.200. The van der Waals surface area contributed by atoms with E-state index in [1.165, 1.54) is 0 Å². The van der Waals surface area contributed by atoms with E-state index in [1.807, 2.05) is 12.1 Å². The van der Waals surface area contributed by atoms with E-state index in [0.717, 1.165) is 5.56 Å². The molecule has 0 saturated carbocycles. The van der Waals surface area contributed by atoms with Gasteiger partial charge in [-0.15, -0.1) is 6.58 Å². The van der Waals surface area contributed by atoms with Gasteiger partial charge in [-0.1, -0.05) is 29.8 Å². The summed E-state index contributed by atoms with van der Waals surface area (Å²) in [4.78, 5) is 0. The van der Waals surface area contributed by atoms with Gasteiger partial charge in [-0.2, -0.15) is 0 Å². The Kier molecular flexibility index (Phi) is 3.34. The van der Waals surface area contributed by atoms with Crippen molar-refractivity contribution in [3.8, 4) is 5.75 Å². The lowest BCUT2D eigenvalue weighted by atomic mass is 10.1. The molecule has 1 aromatic rings. The predicted molar refractivity (Wildman–Crippen MR) is 55.1 cm³/mol. The zero-order valence-electron chi connectivity index (χ0n) is 7.46. The lowest BCUT2D eigenvalue weighted by molar-refractivity contribution is 0.414. The van der Waals surface area contributed by atoms with Crippen LogP contribution in [0.25, 0.3) is 0 Å². The molecule has 70 valence electrons. The van der Waals surface area contributed by atoms with E-state index in [2.05, 4.69) is 6.58 Å². The molecule has 0 saturated heterocycles. The summed E-state index contributed by atoms with van der Waals surface area (Å²) >= 11 is 6.03. The molecule has 0 heterocycles. The lowest BCUT2D eigenvalue weighted by Crippen LogP contribution is -2.07. The number of nitrogens with two attached hydrogens (primary N) is 1. The van der Waals surface area contributed by atoms with Crippen molar-refractivity contribution in [2.75, 3.05) is 7.11 Å². The summed E-state index contributed by atoms with van der Waals surface area (Å²) < 4.78 is 5.06. The van der Waals surface area contributed by atoms with E-state index in [-0.39, 0.29) is 6.04 Å². The number of rotatable bonds is 3. The molecule has 0 aliphatic rings. The minimum absolute atomic E-state index is 0.248. The molecule has 0 aromatic heterocycles. The number of hydrogen-bond acceptors (Lipinski definition) is 2. The molecule has 0 aliphatic carbocycles. The first-order valence-electron chi connectivity index (χ1n) is 3.91. The van der Waals surface area contributed by atoms with E-state index < -0.39 is 0 Å². The summed E-state index contributed by atoms with van der Waals surface area (Å²) in [5, 5.41) is 0.553. The maximum atomic E-state index is 6.03. The van der Waals surface area contributed by atoms with Crippen LogP contribution in [0.5, 0.6) is 5.75 Å². The summed E-state index contributed by atoms with van der Waals surface area (Å²) in [6.07, 6.45) is 1.64. The van der Waals surface area contributed by atoms with Crippen molar-refractivity contribution in [2.24, 2.45) is 5.73 Å². The Morgan fingerprint density at radius 2 is 2.31 bits per heavy atom. The highest BCUT2D eigenvalue weighted by Crippen LogP contribution is 2.30. The maximum Gasteiger partial charge on any atom is 0.137 e. The van der Waals surface area contributed by atoms with Crippen molar-refractivity contribution in [3.05, 3.63) is 41.4 Å². The third-order valence-electron chi connectivity index (χ3n) is 1.83. The molecular formula is C10H12ClNO. The molecular weight excluding hydrogens is 186 g/mol. The fourth-order valence-corrected chi connectivity index (χ4v) is 1.40. The van der Waals surface area contributed by atoms with Crippen LogP contribution in [-0.2, 0) is 0 Å². The average molecular weight is 198 g/mol. The maximum absolute atomic E-state index is 6.03. The zero-order chi connectivity index (χ0) is 9.84. The van der Waals surface area contributed by atoms with Gasteiger partial charge in [-0.3, -0.25) is 0 Å². The summed E-state index contributed by atoms with van der Waals surface area (Å²) in [5.74, 6) is 0.636. The van der Waals surface area contributed by atoms with Crippen LogP contribution in [0.1, 0.15) is 11.6 Å². The van der Waals surface area contributed by atoms with Crippen molar-refractivity contribution in [1.82, 2.24) is 0 Å². The van der Waals surface area contributed by atoms with Gasteiger partial charge >= 0.3 is 0 Å². The molecule has 0 fully saturated rings. The van der Waals surface area contributed by atoms with Crippen LogP contribution < -0.4 is 10.5 Å². The lowest BCUT2D eigenvalue weighted by Gasteiger charge is -2.11. The fourth-order valence-electron chi connectivity index (χ4n) is 1.07. The van der Waals surface area contributed by atoms with Gasteiger partial charge in [-0.25, -0.2) is 0 Å². The van der Waals surface area contributed by atoms with Gasteiger partial charge in [0.2, 0.25) is 0 Å². The van der Waals surface area contributed by atoms with E-state index in [0.29, 0.717) is 10.8 Å². The van der Waals surface area contributed by atoms with Crippen molar-refractivity contribution in [1.29, 1.82) is 0 Å². The highest BCUT2D eigenvalue weighted by molar-refractivity contribution is 6.32. The van der Waals surface area contributed by atoms with Crippen molar-refractivity contribution >= 4 is 11.6 Å². The second-order valence-corrected chi connectivity index (χ2v) is 3.00. The Hall–Kier alpha value is -0.990. The third-order valence-corrected chi connectivity index (χ3v) is 2.23. The van der Waals surface area contributed by atoms with Crippen molar-refractivity contribution < 1.29 is 4.74 Å². The summed E-state index contributed by atoms with van der Waals surface area (Å²) in [5.41, 5.74) is 6.59. The summed E-state index contributed by atoms with van der Waals surface area (Å²) in [7, 11) is 1.57. The van der Waals surface area contributed by atoms with Gasteiger partial charge in [0.25, 0.3) is 0 Å². The van der Waals surface area contributed by atoms with Crippen LogP contribution in [0.15, 0.2) is 30.9 Å². The predicted octanol–water partition coefficient (Wildman–Crippen LogP) is 2.53. The monoisotopic (exact) mass is 197 g/mol. The van der Waals surface area contributed by atoms with Gasteiger partial charge in [0.05, 0.1) is 12.1 Å². The Bertz CT molecular complexity index is 312. The first kappa shape index (κ1) is 10.1. The number of methoxy groups -OCH3 is 1. The number of ether oxygens (including phenoxy) is 1. The second kappa shape index (κ2) is 4.30. The Morgan fingerprint density at radius 1 is 1.62 bits per heavy atom. The smallest absolute Gasteiger partial charge is 0.137 e. The first-order chi connectivity index (χ1) is 6.20. The van der Waals surface area contributed by atoms with Crippen LogP contribution in [0.3, 0.4) is 0 Å². The zero-order valence-corrected chi connectivity index (χ0v) is 8.21. The first-order valence-corrected chi connectivity index (χ1v) is 4.29. The highest BCUT2D eigenvalue weighted by atomic mass is 35.5. The molecule has 1 aromatic carbocycles. The summed E-state index contributed by atoms with van der Waals surface area (Å²) in [6.45, 7) is 3.61. The molecule has 2 N–H and O–H groups in total. The second-order valence-electron chi connectivity index (χ2n) is 2.62. The normalized spacial score (nSPS) is 12.2. The van der Waals surface area contributed by atoms with Gasteiger partial charge in [-0.05, 0) is 11.6 Å².